The fourth-order valence-corrected chi connectivity index (χ4v) is 5.47. The van der Waals surface area contributed by atoms with Crippen molar-refractivity contribution in [3.05, 3.63) is 36.2 Å². The van der Waals surface area contributed by atoms with Gasteiger partial charge in [0, 0.05) is 39.2 Å². The number of nitrogens with one attached hydrogen (secondary N) is 2. The van der Waals surface area contributed by atoms with Gasteiger partial charge in [0.2, 0.25) is 5.91 Å². The van der Waals surface area contributed by atoms with Gasteiger partial charge in [-0.15, -0.1) is 11.3 Å². The van der Waals surface area contributed by atoms with Gasteiger partial charge in [-0.05, 0) is 31.5 Å². The molecule has 2 N–H and O–H groups in total. The number of carbonyl (C=O) groups is 1. The Labute approximate surface area is 197 Å². The number of amides is 1. The van der Waals surface area contributed by atoms with Crippen LogP contribution in [-0.2, 0) is 18.4 Å². The SMILES string of the molecule is CNc1nc2nc(-c3ccc(CNC(=O)CCN4CCCCC4)cc3)sc2c2c1ncn2C. The summed E-state index contributed by atoms with van der Waals surface area (Å²) >= 11 is 1.63. The van der Waals surface area contributed by atoms with E-state index in [0.717, 1.165) is 63.0 Å². The number of imidazole rings is 1. The highest BCUT2D eigenvalue weighted by Crippen LogP contribution is 2.35. The molecule has 4 heterocycles. The molecule has 1 aliphatic heterocycles. The highest BCUT2D eigenvalue weighted by molar-refractivity contribution is 7.22. The number of aromatic nitrogens is 4. The monoisotopic (exact) mass is 463 g/mol. The molecule has 5 rings (SSSR count). The predicted octanol–water partition coefficient (Wildman–Crippen LogP) is 3.78. The molecule has 0 atom stereocenters. The van der Waals surface area contributed by atoms with E-state index in [2.05, 4.69) is 49.8 Å². The van der Waals surface area contributed by atoms with E-state index in [0.29, 0.717) is 13.0 Å². The summed E-state index contributed by atoms with van der Waals surface area (Å²) in [5, 5.41) is 7.09. The number of hydrogen-bond acceptors (Lipinski definition) is 7. The van der Waals surface area contributed by atoms with E-state index in [1.54, 1.807) is 11.3 Å². The lowest BCUT2D eigenvalue weighted by molar-refractivity contribution is -0.121. The number of thiazole rings is 1. The van der Waals surface area contributed by atoms with Crippen molar-refractivity contribution in [3.63, 3.8) is 0 Å². The van der Waals surface area contributed by atoms with Crippen molar-refractivity contribution >= 4 is 44.4 Å². The average Bonchev–Trinajstić information content (AvgIpc) is 3.45. The Morgan fingerprint density at radius 1 is 1.12 bits per heavy atom. The van der Waals surface area contributed by atoms with E-state index in [9.17, 15) is 4.79 Å². The van der Waals surface area contributed by atoms with Crippen molar-refractivity contribution < 1.29 is 4.79 Å². The zero-order chi connectivity index (χ0) is 22.8. The van der Waals surface area contributed by atoms with E-state index in [1.165, 1.54) is 19.3 Å². The van der Waals surface area contributed by atoms with Gasteiger partial charge in [-0.25, -0.2) is 15.0 Å². The van der Waals surface area contributed by atoms with Crippen LogP contribution in [0.1, 0.15) is 31.2 Å². The zero-order valence-corrected chi connectivity index (χ0v) is 19.9. The fourth-order valence-electron chi connectivity index (χ4n) is 4.37. The predicted molar refractivity (Wildman–Crippen MR) is 133 cm³/mol. The van der Waals surface area contributed by atoms with Crippen molar-refractivity contribution in [1.82, 2.24) is 29.7 Å². The fraction of sp³-hybridized carbons (Fsp3) is 0.417. The molecule has 0 saturated carbocycles. The van der Waals surface area contributed by atoms with Gasteiger partial charge < -0.3 is 20.1 Å². The number of pyridine rings is 1. The summed E-state index contributed by atoms with van der Waals surface area (Å²) in [6.07, 6.45) is 6.19. The third-order valence-corrected chi connectivity index (χ3v) is 7.33. The molecule has 9 heteroatoms. The normalized spacial score (nSPS) is 14.7. The molecule has 4 aromatic rings. The minimum absolute atomic E-state index is 0.113. The maximum atomic E-state index is 12.2. The smallest absolute Gasteiger partial charge is 0.221 e. The molecule has 8 nitrogen and oxygen atoms in total. The van der Waals surface area contributed by atoms with Crippen LogP contribution in [0.25, 0.3) is 32.0 Å². The first kappa shape index (κ1) is 21.8. The van der Waals surface area contributed by atoms with Crippen LogP contribution in [-0.4, -0.2) is 57.0 Å². The van der Waals surface area contributed by atoms with Gasteiger partial charge in [0.1, 0.15) is 15.2 Å². The number of benzene rings is 1. The van der Waals surface area contributed by atoms with Gasteiger partial charge in [0.05, 0.1) is 11.8 Å². The van der Waals surface area contributed by atoms with Crippen LogP contribution >= 0.6 is 11.3 Å². The second kappa shape index (κ2) is 9.44. The molecule has 1 saturated heterocycles. The van der Waals surface area contributed by atoms with Gasteiger partial charge in [-0.3, -0.25) is 4.79 Å². The van der Waals surface area contributed by atoms with Gasteiger partial charge in [0.15, 0.2) is 11.5 Å². The Kier molecular flexibility index (Phi) is 6.24. The van der Waals surface area contributed by atoms with Crippen molar-refractivity contribution in [3.8, 4) is 10.6 Å². The van der Waals surface area contributed by atoms with E-state index in [1.807, 2.05) is 25.0 Å². The Balaban J connectivity index is 1.26. The largest absolute Gasteiger partial charge is 0.371 e. The molecule has 33 heavy (non-hydrogen) atoms. The van der Waals surface area contributed by atoms with Crippen LogP contribution < -0.4 is 10.6 Å². The molecular formula is C24H29N7OS. The number of aryl methyl sites for hydroxylation is 1. The summed E-state index contributed by atoms with van der Waals surface area (Å²) in [7, 11) is 3.84. The molecule has 1 aliphatic rings. The number of piperidine rings is 1. The molecule has 0 bridgehead atoms. The molecule has 1 aromatic carbocycles. The number of carbonyl (C=O) groups excluding carboxylic acids is 1. The van der Waals surface area contributed by atoms with Crippen LogP contribution in [0.3, 0.4) is 0 Å². The molecule has 1 amide bonds. The molecule has 0 radical (unpaired) electrons. The van der Waals surface area contributed by atoms with Crippen LogP contribution in [0.15, 0.2) is 30.6 Å². The van der Waals surface area contributed by atoms with E-state index >= 15 is 0 Å². The maximum Gasteiger partial charge on any atom is 0.221 e. The van der Waals surface area contributed by atoms with Crippen molar-refractivity contribution in [2.45, 2.75) is 32.2 Å². The third kappa shape index (κ3) is 4.56. The molecular weight excluding hydrogens is 434 g/mol. The Bertz CT molecular complexity index is 1270. The van der Waals surface area contributed by atoms with Gasteiger partial charge in [0.25, 0.3) is 0 Å². The lowest BCUT2D eigenvalue weighted by Crippen LogP contribution is -2.34. The Morgan fingerprint density at radius 3 is 2.67 bits per heavy atom. The van der Waals surface area contributed by atoms with Crippen LogP contribution in [0.2, 0.25) is 0 Å². The first-order valence-corrected chi connectivity index (χ1v) is 12.3. The Hall–Kier alpha value is -3.04. The number of hydrogen-bond donors (Lipinski definition) is 2. The van der Waals surface area contributed by atoms with Crippen molar-refractivity contribution in [2.75, 3.05) is 32.0 Å². The minimum atomic E-state index is 0.113. The number of nitrogens with zero attached hydrogens (tertiary/aromatic N) is 5. The third-order valence-electron chi connectivity index (χ3n) is 6.23. The van der Waals surface area contributed by atoms with Crippen LogP contribution in [0.4, 0.5) is 5.82 Å². The summed E-state index contributed by atoms with van der Waals surface area (Å²) in [6.45, 7) is 3.65. The lowest BCUT2D eigenvalue weighted by atomic mass is 10.1. The van der Waals surface area contributed by atoms with E-state index in [-0.39, 0.29) is 5.91 Å². The second-order valence-electron chi connectivity index (χ2n) is 8.56. The molecule has 3 aromatic heterocycles. The summed E-state index contributed by atoms with van der Waals surface area (Å²) in [6, 6.07) is 8.23. The number of anilines is 1. The van der Waals surface area contributed by atoms with E-state index < -0.39 is 0 Å². The van der Waals surface area contributed by atoms with Gasteiger partial charge in [-0.2, -0.15) is 0 Å². The number of rotatable bonds is 7. The maximum absolute atomic E-state index is 12.2. The van der Waals surface area contributed by atoms with Crippen molar-refractivity contribution in [2.24, 2.45) is 7.05 Å². The topological polar surface area (TPSA) is 88.0 Å². The van der Waals surface area contributed by atoms with Gasteiger partial charge in [-0.1, -0.05) is 30.7 Å². The molecule has 0 unspecified atom stereocenters. The summed E-state index contributed by atoms with van der Waals surface area (Å²) < 4.78 is 3.04. The van der Waals surface area contributed by atoms with Crippen molar-refractivity contribution in [1.29, 1.82) is 0 Å². The molecule has 0 aliphatic carbocycles. The minimum Gasteiger partial charge on any atom is -0.371 e. The summed E-state index contributed by atoms with van der Waals surface area (Å²) in [5.41, 5.74) is 4.74. The van der Waals surface area contributed by atoms with Crippen LogP contribution in [0, 0.1) is 0 Å². The van der Waals surface area contributed by atoms with Crippen LogP contribution in [0.5, 0.6) is 0 Å². The zero-order valence-electron chi connectivity index (χ0n) is 19.1. The standard InChI is InChI=1S/C24H29N7OS/c1-25-22-19-20(30(2)15-27-19)21-23(28-22)29-24(33-21)17-8-6-16(7-9-17)14-26-18(32)10-13-31-11-4-3-5-12-31/h6-9,15H,3-5,10-14H2,1-2H3,(H,25,28)(H,26,32). The molecule has 172 valence electrons. The Morgan fingerprint density at radius 2 is 1.91 bits per heavy atom. The summed E-state index contributed by atoms with van der Waals surface area (Å²) in [4.78, 5) is 28.6. The molecule has 0 spiro atoms. The van der Waals surface area contributed by atoms with E-state index in [4.69, 9.17) is 4.98 Å². The quantitative estimate of drug-likeness (QED) is 0.434. The highest BCUT2D eigenvalue weighted by Gasteiger charge is 2.17. The number of fused-ring (bicyclic) bond motifs is 3. The first-order valence-electron chi connectivity index (χ1n) is 11.5. The number of likely N-dealkylation sites (tertiary alicyclic amines) is 1. The second-order valence-corrected chi connectivity index (χ2v) is 9.56. The highest BCUT2D eigenvalue weighted by atomic mass is 32.1. The summed E-state index contributed by atoms with van der Waals surface area (Å²) in [5.74, 6) is 0.851. The van der Waals surface area contributed by atoms with Gasteiger partial charge >= 0.3 is 0 Å². The molecule has 1 fully saturated rings. The lowest BCUT2D eigenvalue weighted by Gasteiger charge is -2.25. The first-order chi connectivity index (χ1) is 16.1. The average molecular weight is 464 g/mol.